The highest BCUT2D eigenvalue weighted by Gasteiger charge is 2.32. The van der Waals surface area contributed by atoms with Crippen molar-refractivity contribution >= 4 is 15.9 Å². The van der Waals surface area contributed by atoms with Crippen LogP contribution in [0, 0.1) is 5.92 Å². The highest BCUT2D eigenvalue weighted by atomic mass is 32.2. The normalized spacial score (nSPS) is 16.4. The van der Waals surface area contributed by atoms with Gasteiger partial charge in [-0.3, -0.25) is 9.78 Å². The van der Waals surface area contributed by atoms with E-state index >= 15 is 0 Å². The van der Waals surface area contributed by atoms with Crippen LogP contribution in [0.3, 0.4) is 0 Å². The molecular weight excluding hydrogens is 419 g/mol. The number of hydrogen-bond acceptors (Lipinski definition) is 4. The second-order valence-electron chi connectivity index (χ2n) is 7.10. The largest absolute Gasteiger partial charge is 0.416 e. The van der Waals surface area contributed by atoms with Gasteiger partial charge in [0, 0.05) is 37.9 Å². The third-order valence-corrected chi connectivity index (χ3v) is 6.97. The zero-order chi connectivity index (χ0) is 21.8. The van der Waals surface area contributed by atoms with Gasteiger partial charge in [-0.1, -0.05) is 12.1 Å². The molecule has 0 bridgehead atoms. The van der Waals surface area contributed by atoms with Crippen LogP contribution in [0.25, 0.3) is 0 Å². The molecule has 6 nitrogen and oxygen atoms in total. The molecular formula is C20H22F3N3O3S. The number of aromatic nitrogens is 1. The number of piperidine rings is 1. The molecule has 0 spiro atoms. The number of amides is 1. The standard InChI is InChI=1S/C20H22F3N3O3S/c21-20(22,23)17-5-3-15(4-6-17)7-11-25-19(27)16-8-12-26(13-9-16)30(28,29)18-2-1-10-24-14-18/h1-6,10,14,16H,7-9,11-13H2,(H,25,27). The van der Waals surface area contributed by atoms with Gasteiger partial charge in [-0.05, 0) is 49.1 Å². The van der Waals surface area contributed by atoms with E-state index in [2.05, 4.69) is 10.3 Å². The van der Waals surface area contributed by atoms with Crippen molar-refractivity contribution in [1.82, 2.24) is 14.6 Å². The summed E-state index contributed by atoms with van der Waals surface area (Å²) in [6.45, 7) is 0.792. The first-order valence-electron chi connectivity index (χ1n) is 9.52. The fraction of sp³-hybridized carbons (Fsp3) is 0.400. The third-order valence-electron chi connectivity index (χ3n) is 5.09. The maximum Gasteiger partial charge on any atom is 0.416 e. The number of carbonyl (C=O) groups is 1. The molecule has 0 saturated carbocycles. The van der Waals surface area contributed by atoms with Gasteiger partial charge in [0.25, 0.3) is 0 Å². The molecule has 0 unspecified atom stereocenters. The molecule has 1 aromatic carbocycles. The van der Waals surface area contributed by atoms with Crippen LogP contribution in [0.2, 0.25) is 0 Å². The van der Waals surface area contributed by atoms with E-state index in [9.17, 15) is 26.4 Å². The second-order valence-corrected chi connectivity index (χ2v) is 9.04. The van der Waals surface area contributed by atoms with E-state index in [4.69, 9.17) is 0 Å². The minimum absolute atomic E-state index is 0.129. The Bertz CT molecular complexity index is 956. The van der Waals surface area contributed by atoms with Crippen molar-refractivity contribution in [3.05, 3.63) is 59.9 Å². The average molecular weight is 441 g/mol. The van der Waals surface area contributed by atoms with Crippen molar-refractivity contribution in [3.63, 3.8) is 0 Å². The first kappa shape index (κ1) is 22.2. The first-order chi connectivity index (χ1) is 14.2. The molecule has 0 atom stereocenters. The predicted octanol–water partition coefficient (Wildman–Crippen LogP) is 2.86. The number of carbonyl (C=O) groups excluding carboxylic acids is 1. The summed E-state index contributed by atoms with van der Waals surface area (Å²) in [5, 5.41) is 2.79. The lowest BCUT2D eigenvalue weighted by Crippen LogP contribution is -2.43. The molecule has 2 heterocycles. The molecule has 0 aliphatic carbocycles. The van der Waals surface area contributed by atoms with Gasteiger partial charge < -0.3 is 5.32 Å². The lowest BCUT2D eigenvalue weighted by molar-refractivity contribution is -0.137. The van der Waals surface area contributed by atoms with Crippen LogP contribution >= 0.6 is 0 Å². The molecule has 3 rings (SSSR count). The average Bonchev–Trinajstić information content (AvgIpc) is 2.74. The summed E-state index contributed by atoms with van der Waals surface area (Å²) in [6, 6.07) is 7.89. The Morgan fingerprint density at radius 2 is 1.80 bits per heavy atom. The van der Waals surface area contributed by atoms with Gasteiger partial charge in [0.1, 0.15) is 4.90 Å². The van der Waals surface area contributed by atoms with Gasteiger partial charge in [0.05, 0.1) is 5.56 Å². The second kappa shape index (κ2) is 9.13. The molecule has 1 aliphatic heterocycles. The Kier molecular flexibility index (Phi) is 6.77. The minimum atomic E-state index is -4.37. The molecule has 1 fully saturated rings. The van der Waals surface area contributed by atoms with E-state index in [1.54, 1.807) is 6.07 Å². The number of sulfonamides is 1. The Morgan fingerprint density at radius 1 is 1.13 bits per heavy atom. The van der Waals surface area contributed by atoms with E-state index in [1.165, 1.54) is 34.9 Å². The van der Waals surface area contributed by atoms with Gasteiger partial charge in [-0.15, -0.1) is 0 Å². The topological polar surface area (TPSA) is 79.4 Å². The quantitative estimate of drug-likeness (QED) is 0.748. The maximum atomic E-state index is 12.6. The fourth-order valence-electron chi connectivity index (χ4n) is 3.34. The SMILES string of the molecule is O=C(NCCc1ccc(C(F)(F)F)cc1)C1CCN(S(=O)(=O)c2cccnc2)CC1. The summed E-state index contributed by atoms with van der Waals surface area (Å²) in [5.74, 6) is -0.460. The van der Waals surface area contributed by atoms with Crippen molar-refractivity contribution in [3.8, 4) is 0 Å². The number of alkyl halides is 3. The lowest BCUT2D eigenvalue weighted by atomic mass is 9.97. The molecule has 1 aromatic heterocycles. The number of hydrogen-bond donors (Lipinski definition) is 1. The Hall–Kier alpha value is -2.46. The molecule has 1 amide bonds. The first-order valence-corrected chi connectivity index (χ1v) is 11.0. The highest BCUT2D eigenvalue weighted by molar-refractivity contribution is 7.89. The zero-order valence-electron chi connectivity index (χ0n) is 16.1. The smallest absolute Gasteiger partial charge is 0.356 e. The van der Waals surface area contributed by atoms with Crippen molar-refractivity contribution in [1.29, 1.82) is 0 Å². The fourth-order valence-corrected chi connectivity index (χ4v) is 4.78. The summed E-state index contributed by atoms with van der Waals surface area (Å²) < 4.78 is 64.3. The number of benzene rings is 1. The molecule has 162 valence electrons. The monoisotopic (exact) mass is 441 g/mol. The van der Waals surface area contributed by atoms with E-state index in [-0.39, 0.29) is 29.8 Å². The molecule has 1 N–H and O–H groups in total. The van der Waals surface area contributed by atoms with Crippen LogP contribution in [0.5, 0.6) is 0 Å². The Balaban J connectivity index is 1.45. The van der Waals surface area contributed by atoms with Gasteiger partial charge in [0.15, 0.2) is 0 Å². The minimum Gasteiger partial charge on any atom is -0.356 e. The van der Waals surface area contributed by atoms with Crippen LogP contribution < -0.4 is 5.32 Å². The van der Waals surface area contributed by atoms with Gasteiger partial charge in [-0.25, -0.2) is 8.42 Å². The number of halogens is 3. The molecule has 0 radical (unpaired) electrons. The van der Waals surface area contributed by atoms with E-state index < -0.39 is 21.8 Å². The number of rotatable bonds is 6. The highest BCUT2D eigenvalue weighted by Crippen LogP contribution is 2.29. The predicted molar refractivity (Wildman–Crippen MR) is 104 cm³/mol. The van der Waals surface area contributed by atoms with E-state index in [0.29, 0.717) is 31.4 Å². The van der Waals surface area contributed by atoms with Gasteiger partial charge in [0.2, 0.25) is 15.9 Å². The lowest BCUT2D eigenvalue weighted by Gasteiger charge is -2.30. The molecule has 1 aliphatic rings. The summed E-state index contributed by atoms with van der Waals surface area (Å²) in [7, 11) is -3.62. The van der Waals surface area contributed by atoms with Crippen LogP contribution in [0.4, 0.5) is 13.2 Å². The summed E-state index contributed by atoms with van der Waals surface area (Å²) in [4.78, 5) is 16.3. The van der Waals surface area contributed by atoms with Crippen molar-refractivity contribution in [2.75, 3.05) is 19.6 Å². The Labute approximate surface area is 173 Å². The number of nitrogens with zero attached hydrogens (tertiary/aromatic N) is 2. The van der Waals surface area contributed by atoms with Crippen molar-refractivity contribution in [2.45, 2.75) is 30.3 Å². The molecule has 1 saturated heterocycles. The summed E-state index contributed by atoms with van der Waals surface area (Å²) in [5.41, 5.74) is -0.0102. The summed E-state index contributed by atoms with van der Waals surface area (Å²) >= 11 is 0. The number of pyridine rings is 1. The van der Waals surface area contributed by atoms with Crippen LogP contribution in [0.1, 0.15) is 24.0 Å². The zero-order valence-corrected chi connectivity index (χ0v) is 16.9. The van der Waals surface area contributed by atoms with Crippen LogP contribution in [-0.4, -0.2) is 43.2 Å². The van der Waals surface area contributed by atoms with Crippen LogP contribution in [0.15, 0.2) is 53.7 Å². The molecule has 2 aromatic rings. The maximum absolute atomic E-state index is 12.6. The van der Waals surface area contributed by atoms with E-state index in [0.717, 1.165) is 12.1 Å². The van der Waals surface area contributed by atoms with Gasteiger partial charge in [-0.2, -0.15) is 17.5 Å². The third kappa shape index (κ3) is 5.37. The van der Waals surface area contributed by atoms with Gasteiger partial charge >= 0.3 is 6.18 Å². The van der Waals surface area contributed by atoms with E-state index in [1.807, 2.05) is 0 Å². The molecule has 30 heavy (non-hydrogen) atoms. The van der Waals surface area contributed by atoms with Crippen molar-refractivity contribution in [2.24, 2.45) is 5.92 Å². The van der Waals surface area contributed by atoms with Crippen molar-refractivity contribution < 1.29 is 26.4 Å². The molecule has 10 heteroatoms. The van der Waals surface area contributed by atoms with Crippen LogP contribution in [-0.2, 0) is 27.4 Å². The Morgan fingerprint density at radius 3 is 2.37 bits per heavy atom. The number of nitrogens with one attached hydrogen (secondary N) is 1. The summed E-state index contributed by atoms with van der Waals surface area (Å²) in [6.07, 6.45) is -0.336.